The Bertz CT molecular complexity index is 1720. The van der Waals surface area contributed by atoms with Crippen molar-refractivity contribution in [1.29, 1.82) is 0 Å². The summed E-state index contributed by atoms with van der Waals surface area (Å²) in [6.07, 6.45) is 3.88. The Labute approximate surface area is 276 Å². The Morgan fingerprint density at radius 3 is 0.449 bits per heavy atom. The van der Waals surface area contributed by atoms with Crippen LogP contribution < -0.4 is 0 Å². The normalized spacial score (nSPS) is 10.3. The number of aromatic nitrogens is 6. The zero-order chi connectivity index (χ0) is 35.1. The van der Waals surface area contributed by atoms with Gasteiger partial charge in [-0.2, -0.15) is 0 Å². The van der Waals surface area contributed by atoms with Gasteiger partial charge in [-0.3, -0.25) is 29.9 Å². The van der Waals surface area contributed by atoms with Crippen LogP contribution in [0.15, 0.2) is 73.6 Å². The van der Waals surface area contributed by atoms with E-state index in [1.807, 2.05) is 0 Å². The molecule has 0 amide bonds. The predicted octanol–water partition coefficient (Wildman–Crippen LogP) is 8.10. The third-order valence-electron chi connectivity index (χ3n) is 5.64. The van der Waals surface area contributed by atoms with Crippen LogP contribution in [0.4, 0.5) is 52.7 Å². The van der Waals surface area contributed by atoms with E-state index in [9.17, 15) is 52.7 Å². The van der Waals surface area contributed by atoms with E-state index >= 15 is 0 Å². The molecule has 0 saturated carbocycles. The van der Waals surface area contributed by atoms with E-state index in [2.05, 4.69) is 29.9 Å². The number of nitrogens with zero attached hydrogens (tertiary/aromatic N) is 6. The van der Waals surface area contributed by atoms with E-state index in [0.29, 0.717) is 37.2 Å². The molecule has 0 aliphatic rings. The van der Waals surface area contributed by atoms with Gasteiger partial charge in [-0.05, 0) is 0 Å². The fourth-order valence-electron chi connectivity index (χ4n) is 3.33. The topological polar surface area (TPSA) is 77.3 Å². The molecule has 6 rings (SSSR count). The van der Waals surface area contributed by atoms with Gasteiger partial charge in [-0.1, -0.05) is 0 Å². The second kappa shape index (κ2) is 16.6. The number of hydrogen-bond acceptors (Lipinski definition) is 6. The summed E-state index contributed by atoms with van der Waals surface area (Å²) >= 11 is 0. The Morgan fingerprint density at radius 1 is 0.224 bits per heavy atom. The third-order valence-corrected chi connectivity index (χ3v) is 5.64. The molecule has 0 saturated heterocycles. The molecule has 0 aliphatic heterocycles. The van der Waals surface area contributed by atoms with Gasteiger partial charge >= 0.3 is 16.8 Å². The Hall–Kier alpha value is -5.43. The van der Waals surface area contributed by atoms with Gasteiger partial charge < -0.3 is 0 Å². The van der Waals surface area contributed by atoms with Crippen molar-refractivity contribution in [2.45, 2.75) is 0 Å². The number of halogens is 12. The van der Waals surface area contributed by atoms with Crippen LogP contribution in [-0.2, 0) is 16.8 Å². The first-order chi connectivity index (χ1) is 22.7. The van der Waals surface area contributed by atoms with Gasteiger partial charge in [0.25, 0.3) is 0 Å². The maximum absolute atomic E-state index is 12.8. The second-order valence-corrected chi connectivity index (χ2v) is 8.90. The van der Waals surface area contributed by atoms with Gasteiger partial charge in [0.1, 0.15) is 0 Å². The first-order valence-corrected chi connectivity index (χ1v) is 12.6. The molecule has 6 heterocycles. The van der Waals surface area contributed by atoms with Crippen molar-refractivity contribution >= 4 is 0 Å². The molecule has 0 aliphatic carbocycles. The van der Waals surface area contributed by atoms with E-state index in [4.69, 9.17) is 0 Å². The van der Waals surface area contributed by atoms with Crippen LogP contribution >= 0.6 is 0 Å². The zero-order valence-electron chi connectivity index (χ0n) is 23.5. The largest absolute Gasteiger partial charge is 2.00 e. The maximum Gasteiger partial charge on any atom is 2.00 e. The Balaban J connectivity index is 0.000000197. The fraction of sp³-hybridized carbons (Fsp3) is 0. The molecule has 0 aromatic carbocycles. The zero-order valence-corrected chi connectivity index (χ0v) is 24.5. The SMILES string of the molecule is Fc1cnc(-c2cc(F)c(F)cn2)cc1F.Fc1cnc(-c2cc(F)c(F)cn2)cc1F.Fc1cnc(-c2cc(F)c(F)cn2)cc1F.[Co+2]. The molecule has 1 radical (unpaired) electrons. The van der Waals surface area contributed by atoms with Gasteiger partial charge in [0, 0.05) is 36.4 Å². The minimum Gasteiger partial charge on any atom is -0.251 e. The number of hydrogen-bond donors (Lipinski definition) is 0. The molecule has 0 N–H and O–H groups in total. The van der Waals surface area contributed by atoms with E-state index in [0.717, 1.165) is 36.4 Å². The van der Waals surface area contributed by atoms with Crippen LogP contribution in [0.3, 0.4) is 0 Å². The average Bonchev–Trinajstić information content (AvgIpc) is 3.06. The van der Waals surface area contributed by atoms with E-state index in [1.165, 1.54) is 0 Å². The standard InChI is InChI=1S/3C10H4F4N2.Co/c3*11-5-1-9(15-3-7(5)13)10-2-6(12)8(14)4-16-10;/h3*1-4H;/q;;;+2. The fourth-order valence-corrected chi connectivity index (χ4v) is 3.33. The first kappa shape index (κ1) is 38.0. The molecule has 6 aromatic heterocycles. The second-order valence-electron chi connectivity index (χ2n) is 8.90. The molecule has 0 fully saturated rings. The third kappa shape index (κ3) is 9.80. The molecule has 6 nitrogen and oxygen atoms in total. The van der Waals surface area contributed by atoms with Gasteiger partial charge in [-0.25, -0.2) is 52.7 Å². The molecule has 253 valence electrons. The van der Waals surface area contributed by atoms with Crippen molar-refractivity contribution in [3.8, 4) is 34.2 Å². The van der Waals surface area contributed by atoms with Crippen molar-refractivity contribution < 1.29 is 69.5 Å². The van der Waals surface area contributed by atoms with Crippen LogP contribution in [0.25, 0.3) is 34.2 Å². The van der Waals surface area contributed by atoms with E-state index in [1.54, 1.807) is 0 Å². The maximum atomic E-state index is 12.8. The van der Waals surface area contributed by atoms with E-state index < -0.39 is 69.8 Å². The summed E-state index contributed by atoms with van der Waals surface area (Å²) in [5, 5.41) is 0. The smallest absolute Gasteiger partial charge is 0.251 e. The molecular formula is C30H12CoF12N6+2. The number of pyridine rings is 6. The summed E-state index contributed by atoms with van der Waals surface area (Å²) in [6.45, 7) is 0. The summed E-state index contributed by atoms with van der Waals surface area (Å²) in [5.41, 5.74) is -0.429. The molecular weight excluding hydrogens is 731 g/mol. The van der Waals surface area contributed by atoms with Crippen LogP contribution in [0.2, 0.25) is 0 Å². The minimum absolute atomic E-state index is 0. The summed E-state index contributed by atoms with van der Waals surface area (Å²) in [5.74, 6) is -13.5. The van der Waals surface area contributed by atoms with Crippen LogP contribution in [-0.4, -0.2) is 29.9 Å². The average molecular weight is 743 g/mol. The van der Waals surface area contributed by atoms with Crippen molar-refractivity contribution in [2.75, 3.05) is 0 Å². The Kier molecular flexibility index (Phi) is 12.9. The summed E-state index contributed by atoms with van der Waals surface area (Å²) in [7, 11) is 0. The van der Waals surface area contributed by atoms with Crippen LogP contribution in [0.5, 0.6) is 0 Å². The summed E-state index contributed by atoms with van der Waals surface area (Å²) in [6, 6.07) is 4.55. The number of rotatable bonds is 3. The van der Waals surface area contributed by atoms with Crippen molar-refractivity contribution in [2.24, 2.45) is 0 Å². The molecule has 49 heavy (non-hydrogen) atoms. The Morgan fingerprint density at radius 2 is 0.347 bits per heavy atom. The van der Waals surface area contributed by atoms with Gasteiger partial charge in [0.05, 0.1) is 71.3 Å². The van der Waals surface area contributed by atoms with Crippen LogP contribution in [0.1, 0.15) is 0 Å². The molecule has 0 bridgehead atoms. The van der Waals surface area contributed by atoms with Gasteiger partial charge in [0.2, 0.25) is 0 Å². The first-order valence-electron chi connectivity index (χ1n) is 12.6. The molecule has 0 spiro atoms. The predicted molar refractivity (Wildman–Crippen MR) is 142 cm³/mol. The quantitative estimate of drug-likeness (QED) is 0.171. The van der Waals surface area contributed by atoms with Gasteiger partial charge in [-0.15, -0.1) is 0 Å². The van der Waals surface area contributed by atoms with Crippen molar-refractivity contribution in [1.82, 2.24) is 29.9 Å². The van der Waals surface area contributed by atoms with Gasteiger partial charge in [0.15, 0.2) is 69.8 Å². The molecule has 0 unspecified atom stereocenters. The van der Waals surface area contributed by atoms with Crippen molar-refractivity contribution in [3.63, 3.8) is 0 Å². The van der Waals surface area contributed by atoms with Crippen molar-refractivity contribution in [3.05, 3.63) is 143 Å². The van der Waals surface area contributed by atoms with E-state index in [-0.39, 0.29) is 50.9 Å². The minimum atomic E-state index is -1.13. The molecule has 6 aromatic rings. The molecule has 0 atom stereocenters. The molecule has 19 heteroatoms. The monoisotopic (exact) mass is 743 g/mol. The summed E-state index contributed by atoms with van der Waals surface area (Å²) < 4.78 is 152. The van der Waals surface area contributed by atoms with Crippen LogP contribution in [0, 0.1) is 69.8 Å². The summed E-state index contributed by atoms with van der Waals surface area (Å²) in [4.78, 5) is 21.1.